The second-order valence-electron chi connectivity index (χ2n) is 5.73. The van der Waals surface area contributed by atoms with Crippen LogP contribution in [-0.4, -0.2) is 71.6 Å². The van der Waals surface area contributed by atoms with Crippen molar-refractivity contribution >= 4 is 29.3 Å². The van der Waals surface area contributed by atoms with Gasteiger partial charge in [0.25, 0.3) is 0 Å². The number of carboxylic acid groups (broad SMARTS) is 1. The lowest BCUT2D eigenvalue weighted by Gasteiger charge is -2.30. The zero-order chi connectivity index (χ0) is 21.6. The molecule has 1 N–H and O–H groups in total. The summed E-state index contributed by atoms with van der Waals surface area (Å²) >= 11 is 11.8. The van der Waals surface area contributed by atoms with Crippen molar-refractivity contribution in [2.24, 2.45) is 0 Å². The summed E-state index contributed by atoms with van der Waals surface area (Å²) in [4.78, 5) is 12.9. The lowest BCUT2D eigenvalue weighted by atomic mass is 10.3. The van der Waals surface area contributed by atoms with E-state index < -0.39 is 25.2 Å². The average molecular weight is 462 g/mol. The minimum Gasteiger partial charge on any atom is -0.490 e. The van der Waals surface area contributed by atoms with Crippen molar-refractivity contribution in [2.75, 3.05) is 33.0 Å². The van der Waals surface area contributed by atoms with Crippen LogP contribution in [0.15, 0.2) is 30.6 Å². The van der Waals surface area contributed by atoms with Gasteiger partial charge >= 0.3 is 18.6 Å². The van der Waals surface area contributed by atoms with Crippen molar-refractivity contribution in [1.82, 2.24) is 14.9 Å². The van der Waals surface area contributed by atoms with Crippen molar-refractivity contribution in [3.8, 4) is 5.75 Å². The zero-order valence-electron chi connectivity index (χ0n) is 14.8. The number of nitrogens with zero attached hydrogens (tertiary/aromatic N) is 3. The SMILES string of the molecule is O=C(O)N(CCOc1ccc(Cl)cc1Cl)N1C=CN(CCOC(F)(F)C(F)F)C1. The maximum atomic E-state index is 12.7. The van der Waals surface area contributed by atoms with E-state index in [9.17, 15) is 27.5 Å². The van der Waals surface area contributed by atoms with Crippen molar-refractivity contribution in [2.45, 2.75) is 12.5 Å². The molecule has 13 heteroatoms. The fourth-order valence-corrected chi connectivity index (χ4v) is 2.75. The molecular formula is C16H17Cl2F4N3O4. The molecule has 0 fully saturated rings. The highest BCUT2D eigenvalue weighted by Gasteiger charge is 2.42. The number of hydrazine groups is 1. The Hall–Kier alpha value is -2.11. The van der Waals surface area contributed by atoms with Gasteiger partial charge in [-0.05, 0) is 18.2 Å². The standard InChI is InChI=1S/C16H17Cl2F4N3O4/c17-11-1-2-13(12(18)9-11)28-7-6-25(15(26)27)24-4-3-23(10-24)5-8-29-16(21,22)14(19)20/h1-4,9,14H,5-8,10H2,(H,26,27). The van der Waals surface area contributed by atoms with Crippen LogP contribution in [0.25, 0.3) is 0 Å². The fraction of sp³-hybridized carbons (Fsp3) is 0.438. The van der Waals surface area contributed by atoms with Gasteiger partial charge in [-0.25, -0.2) is 18.6 Å². The van der Waals surface area contributed by atoms with Crippen LogP contribution in [0.1, 0.15) is 0 Å². The van der Waals surface area contributed by atoms with Gasteiger partial charge in [-0.15, -0.1) is 0 Å². The highest BCUT2D eigenvalue weighted by Crippen LogP contribution is 2.27. The lowest BCUT2D eigenvalue weighted by Crippen LogP contribution is -2.46. The number of halogens is 6. The lowest BCUT2D eigenvalue weighted by molar-refractivity contribution is -0.300. The van der Waals surface area contributed by atoms with E-state index in [2.05, 4.69) is 4.74 Å². The first-order valence-electron chi connectivity index (χ1n) is 8.17. The molecule has 0 unspecified atom stereocenters. The van der Waals surface area contributed by atoms with Crippen LogP contribution < -0.4 is 4.74 Å². The quantitative estimate of drug-likeness (QED) is 0.527. The molecule has 1 aliphatic rings. The van der Waals surface area contributed by atoms with Gasteiger partial charge in [0.15, 0.2) is 0 Å². The van der Waals surface area contributed by atoms with Crippen LogP contribution in [0.4, 0.5) is 22.4 Å². The maximum Gasteiger partial charge on any atom is 0.426 e. The summed E-state index contributed by atoms with van der Waals surface area (Å²) in [6, 6.07) is 4.59. The van der Waals surface area contributed by atoms with Gasteiger partial charge in [0.05, 0.1) is 18.2 Å². The number of amides is 1. The Bertz CT molecular complexity index is 742. The molecule has 0 aromatic heterocycles. The first-order chi connectivity index (χ1) is 13.6. The fourth-order valence-electron chi connectivity index (χ4n) is 2.28. The van der Waals surface area contributed by atoms with Crippen molar-refractivity contribution in [3.05, 3.63) is 40.6 Å². The molecule has 1 amide bonds. The predicted molar refractivity (Wildman–Crippen MR) is 96.1 cm³/mol. The number of hydrogen-bond acceptors (Lipinski definition) is 5. The molecule has 0 saturated heterocycles. The average Bonchev–Trinajstić information content (AvgIpc) is 3.08. The topological polar surface area (TPSA) is 65.5 Å². The Morgan fingerprint density at radius 1 is 1.28 bits per heavy atom. The van der Waals surface area contributed by atoms with Crippen molar-refractivity contribution in [3.63, 3.8) is 0 Å². The van der Waals surface area contributed by atoms with Crippen LogP contribution in [-0.2, 0) is 4.74 Å². The summed E-state index contributed by atoms with van der Waals surface area (Å²) < 4.78 is 58.9. The summed E-state index contributed by atoms with van der Waals surface area (Å²) in [5.41, 5.74) is 0. The van der Waals surface area contributed by atoms with Gasteiger partial charge in [-0.1, -0.05) is 23.2 Å². The van der Waals surface area contributed by atoms with E-state index >= 15 is 0 Å². The number of benzene rings is 1. The molecule has 7 nitrogen and oxygen atoms in total. The molecule has 1 heterocycles. The van der Waals surface area contributed by atoms with Gasteiger partial charge in [-0.2, -0.15) is 8.78 Å². The molecule has 162 valence electrons. The molecule has 0 radical (unpaired) electrons. The van der Waals surface area contributed by atoms with Gasteiger partial charge in [0, 0.05) is 24.0 Å². The first-order valence-corrected chi connectivity index (χ1v) is 8.93. The Morgan fingerprint density at radius 3 is 2.62 bits per heavy atom. The summed E-state index contributed by atoms with van der Waals surface area (Å²) in [6.07, 6.45) is -6.91. The van der Waals surface area contributed by atoms with Gasteiger partial charge in [-0.3, -0.25) is 5.01 Å². The second-order valence-corrected chi connectivity index (χ2v) is 6.57. The van der Waals surface area contributed by atoms with Gasteiger partial charge < -0.3 is 19.5 Å². The normalized spacial score (nSPS) is 14.0. The van der Waals surface area contributed by atoms with Crippen molar-refractivity contribution in [1.29, 1.82) is 0 Å². The van der Waals surface area contributed by atoms with E-state index in [-0.39, 0.29) is 31.4 Å². The highest BCUT2D eigenvalue weighted by atomic mass is 35.5. The third kappa shape index (κ3) is 6.72. The van der Waals surface area contributed by atoms with E-state index in [0.29, 0.717) is 10.8 Å². The van der Waals surface area contributed by atoms with Gasteiger partial charge in [0.1, 0.15) is 19.0 Å². The molecule has 0 aliphatic carbocycles. The van der Waals surface area contributed by atoms with E-state index in [1.807, 2.05) is 0 Å². The smallest absolute Gasteiger partial charge is 0.426 e. The van der Waals surface area contributed by atoms with E-state index in [1.54, 1.807) is 12.1 Å². The molecule has 1 aromatic rings. The van der Waals surface area contributed by atoms with Gasteiger partial charge in [0.2, 0.25) is 0 Å². The molecular weight excluding hydrogens is 445 g/mol. The Kier molecular flexibility index (Phi) is 8.05. The zero-order valence-corrected chi connectivity index (χ0v) is 16.3. The Balaban J connectivity index is 1.81. The van der Waals surface area contributed by atoms with Crippen LogP contribution in [0, 0.1) is 0 Å². The summed E-state index contributed by atoms with van der Waals surface area (Å²) in [6.45, 7) is -0.897. The number of ether oxygens (including phenoxy) is 2. The summed E-state index contributed by atoms with van der Waals surface area (Å²) in [5.74, 6) is 0.331. The molecule has 0 spiro atoms. The van der Waals surface area contributed by atoms with Crippen LogP contribution in [0.2, 0.25) is 10.0 Å². The molecule has 2 rings (SSSR count). The predicted octanol–water partition coefficient (Wildman–Crippen LogP) is 4.19. The number of carbonyl (C=O) groups is 1. The molecule has 0 bridgehead atoms. The highest BCUT2D eigenvalue weighted by molar-refractivity contribution is 6.35. The molecule has 1 aliphatic heterocycles. The first kappa shape index (κ1) is 23.2. The molecule has 0 saturated carbocycles. The number of rotatable bonds is 10. The monoisotopic (exact) mass is 461 g/mol. The van der Waals surface area contributed by atoms with Crippen LogP contribution in [0.3, 0.4) is 0 Å². The largest absolute Gasteiger partial charge is 0.490 e. The maximum absolute atomic E-state index is 12.7. The number of hydrogen-bond donors (Lipinski definition) is 1. The van der Waals surface area contributed by atoms with E-state index in [4.69, 9.17) is 27.9 Å². The van der Waals surface area contributed by atoms with E-state index in [1.165, 1.54) is 28.4 Å². The Labute approximate surface area is 173 Å². The molecule has 1 aromatic carbocycles. The summed E-state index contributed by atoms with van der Waals surface area (Å²) in [5, 5.41) is 12.3. The molecule has 0 atom stereocenters. The Morgan fingerprint density at radius 2 is 2.00 bits per heavy atom. The third-order valence-electron chi connectivity index (χ3n) is 3.69. The molecule has 29 heavy (non-hydrogen) atoms. The minimum absolute atomic E-state index is 0.00237. The van der Waals surface area contributed by atoms with Crippen LogP contribution in [0.5, 0.6) is 5.75 Å². The third-order valence-corrected chi connectivity index (χ3v) is 4.22. The van der Waals surface area contributed by atoms with E-state index in [0.717, 1.165) is 5.01 Å². The second kappa shape index (κ2) is 10.1. The number of alkyl halides is 4. The summed E-state index contributed by atoms with van der Waals surface area (Å²) in [7, 11) is 0. The minimum atomic E-state index is -4.53. The van der Waals surface area contributed by atoms with Crippen LogP contribution >= 0.6 is 23.2 Å². The van der Waals surface area contributed by atoms with Crippen molar-refractivity contribution < 1.29 is 36.9 Å².